The largest absolute Gasteiger partial charge is 0.435 e. The van der Waals surface area contributed by atoms with Crippen molar-refractivity contribution in [1.82, 2.24) is 5.01 Å². The number of hydrogen-bond acceptors (Lipinski definition) is 4. The Morgan fingerprint density at radius 2 is 1.72 bits per heavy atom. The second-order valence-corrected chi connectivity index (χ2v) is 7.46. The first kappa shape index (κ1) is 19.3. The van der Waals surface area contributed by atoms with Gasteiger partial charge in [-0.3, -0.25) is 9.80 Å². The maximum atomic E-state index is 12.1. The lowest BCUT2D eigenvalue weighted by Crippen LogP contribution is -2.44. The average molecular weight is 407 g/mol. The number of ether oxygens (including phenoxy) is 1. The van der Waals surface area contributed by atoms with Crippen LogP contribution in [-0.4, -0.2) is 23.8 Å². The fraction of sp³-hybridized carbons (Fsp3) is 0.208. The van der Waals surface area contributed by atoms with Gasteiger partial charge in [0.15, 0.2) is 0 Å². The normalized spacial score (nSPS) is 16.6. The van der Waals surface area contributed by atoms with Gasteiger partial charge in [0.25, 0.3) is 0 Å². The Balaban J connectivity index is 1.91. The van der Waals surface area contributed by atoms with Crippen molar-refractivity contribution < 1.29 is 9.53 Å². The monoisotopic (exact) mass is 406 g/mol. The van der Waals surface area contributed by atoms with Crippen LogP contribution < -0.4 is 5.01 Å². The van der Waals surface area contributed by atoms with Crippen molar-refractivity contribution in [3.63, 3.8) is 0 Å². The van der Waals surface area contributed by atoms with Crippen molar-refractivity contribution in [3.05, 3.63) is 83.0 Å². The van der Waals surface area contributed by atoms with Gasteiger partial charge in [-0.25, -0.2) is 5.01 Å². The number of hydrazine groups is 1. The van der Waals surface area contributed by atoms with Crippen molar-refractivity contribution in [2.75, 3.05) is 11.6 Å². The Labute approximate surface area is 175 Å². The van der Waals surface area contributed by atoms with E-state index in [4.69, 9.17) is 16.3 Å². The SMILES string of the molecule is CCN1C(C)=C(c2ccc(Cl)cc2)C(OC(C)=O)N1c1cccc2ccccc12. The Bertz CT molecular complexity index is 1090. The summed E-state index contributed by atoms with van der Waals surface area (Å²) < 4.78 is 5.88. The van der Waals surface area contributed by atoms with Gasteiger partial charge >= 0.3 is 5.97 Å². The van der Waals surface area contributed by atoms with Gasteiger partial charge in [0.1, 0.15) is 0 Å². The van der Waals surface area contributed by atoms with Crippen LogP contribution in [-0.2, 0) is 9.53 Å². The van der Waals surface area contributed by atoms with Crippen LogP contribution in [0, 0.1) is 0 Å². The minimum Gasteiger partial charge on any atom is -0.435 e. The topological polar surface area (TPSA) is 32.8 Å². The van der Waals surface area contributed by atoms with E-state index in [-0.39, 0.29) is 5.97 Å². The van der Waals surface area contributed by atoms with Gasteiger partial charge in [-0.05, 0) is 43.0 Å². The number of anilines is 1. The van der Waals surface area contributed by atoms with Crippen molar-refractivity contribution >= 4 is 39.6 Å². The minimum absolute atomic E-state index is 0.322. The molecule has 0 saturated heterocycles. The highest BCUT2D eigenvalue weighted by Gasteiger charge is 2.40. The van der Waals surface area contributed by atoms with Gasteiger partial charge in [0.05, 0.1) is 5.69 Å². The Kier molecular flexibility index (Phi) is 5.20. The van der Waals surface area contributed by atoms with E-state index < -0.39 is 6.23 Å². The molecule has 1 heterocycles. The summed E-state index contributed by atoms with van der Waals surface area (Å²) in [5, 5.41) is 7.17. The molecule has 1 aliphatic rings. The number of esters is 1. The summed E-state index contributed by atoms with van der Waals surface area (Å²) in [6.45, 7) is 6.35. The molecule has 0 aromatic heterocycles. The summed E-state index contributed by atoms with van der Waals surface area (Å²) in [6.07, 6.45) is -0.556. The van der Waals surface area contributed by atoms with E-state index >= 15 is 0 Å². The molecule has 5 heteroatoms. The maximum Gasteiger partial charge on any atom is 0.304 e. The number of allylic oxidation sites excluding steroid dienone is 1. The van der Waals surface area contributed by atoms with Crippen molar-refractivity contribution in [2.45, 2.75) is 27.0 Å². The molecule has 0 fully saturated rings. The second-order valence-electron chi connectivity index (χ2n) is 7.03. The lowest BCUT2D eigenvalue weighted by Gasteiger charge is -2.36. The van der Waals surface area contributed by atoms with E-state index in [0.29, 0.717) is 5.02 Å². The fourth-order valence-corrected chi connectivity index (χ4v) is 4.16. The number of benzene rings is 3. The first-order valence-corrected chi connectivity index (χ1v) is 10.1. The smallest absolute Gasteiger partial charge is 0.304 e. The van der Waals surface area contributed by atoms with Crippen molar-refractivity contribution in [2.24, 2.45) is 0 Å². The van der Waals surface area contributed by atoms with Gasteiger partial charge < -0.3 is 4.74 Å². The third kappa shape index (κ3) is 3.45. The molecule has 0 N–H and O–H groups in total. The fourth-order valence-electron chi connectivity index (χ4n) is 4.03. The molecule has 0 spiro atoms. The summed E-state index contributed by atoms with van der Waals surface area (Å²) in [4.78, 5) is 12.1. The molecule has 1 aliphatic heterocycles. The summed E-state index contributed by atoms with van der Waals surface area (Å²) in [5.74, 6) is -0.322. The molecule has 1 unspecified atom stereocenters. The van der Waals surface area contributed by atoms with Gasteiger partial charge in [-0.15, -0.1) is 0 Å². The highest BCUT2D eigenvalue weighted by atomic mass is 35.5. The van der Waals surface area contributed by atoms with Crippen LogP contribution in [0.4, 0.5) is 5.69 Å². The summed E-state index contributed by atoms with van der Waals surface area (Å²) >= 11 is 6.10. The maximum absolute atomic E-state index is 12.1. The van der Waals surface area contributed by atoms with Gasteiger partial charge in [0.2, 0.25) is 6.23 Å². The molecular formula is C24H23ClN2O2. The second kappa shape index (κ2) is 7.80. The number of carbonyl (C=O) groups is 1. The zero-order valence-electron chi connectivity index (χ0n) is 16.7. The number of nitrogens with zero attached hydrogens (tertiary/aromatic N) is 2. The van der Waals surface area contributed by atoms with E-state index in [1.165, 1.54) is 6.92 Å². The summed E-state index contributed by atoms with van der Waals surface area (Å²) in [7, 11) is 0. The zero-order valence-corrected chi connectivity index (χ0v) is 17.5. The van der Waals surface area contributed by atoms with E-state index in [0.717, 1.165) is 39.8 Å². The molecule has 1 atom stereocenters. The van der Waals surface area contributed by atoms with Crippen molar-refractivity contribution in [3.8, 4) is 0 Å². The Hall–Kier alpha value is -2.98. The molecule has 0 aliphatic carbocycles. The molecule has 0 bridgehead atoms. The Morgan fingerprint density at radius 1 is 1.03 bits per heavy atom. The van der Waals surface area contributed by atoms with Crippen LogP contribution in [0.5, 0.6) is 0 Å². The lowest BCUT2D eigenvalue weighted by atomic mass is 10.0. The average Bonchev–Trinajstić information content (AvgIpc) is 2.98. The predicted octanol–water partition coefficient (Wildman–Crippen LogP) is 5.87. The molecule has 4 rings (SSSR count). The number of carbonyl (C=O) groups excluding carboxylic acids is 1. The van der Waals surface area contributed by atoms with Crippen LogP contribution in [0.2, 0.25) is 5.02 Å². The predicted molar refractivity (Wildman–Crippen MR) is 118 cm³/mol. The van der Waals surface area contributed by atoms with Gasteiger partial charge in [0, 0.05) is 35.1 Å². The summed E-state index contributed by atoms with van der Waals surface area (Å²) in [6, 6.07) is 22.1. The third-order valence-electron chi connectivity index (χ3n) is 5.25. The molecule has 3 aromatic carbocycles. The highest BCUT2D eigenvalue weighted by molar-refractivity contribution is 6.30. The van der Waals surface area contributed by atoms with Crippen LogP contribution in [0.1, 0.15) is 26.3 Å². The first-order chi connectivity index (χ1) is 14.0. The van der Waals surface area contributed by atoms with E-state index in [9.17, 15) is 4.79 Å². The molecule has 0 saturated carbocycles. The Morgan fingerprint density at radius 3 is 2.41 bits per heavy atom. The van der Waals surface area contributed by atoms with Crippen LogP contribution >= 0.6 is 11.6 Å². The van der Waals surface area contributed by atoms with Crippen molar-refractivity contribution in [1.29, 1.82) is 0 Å². The minimum atomic E-state index is -0.556. The summed E-state index contributed by atoms with van der Waals surface area (Å²) in [5.41, 5.74) is 4.00. The number of halogens is 1. The molecular weight excluding hydrogens is 384 g/mol. The van der Waals surface area contributed by atoms with Crippen LogP contribution in [0.25, 0.3) is 16.3 Å². The molecule has 0 radical (unpaired) electrons. The quantitative estimate of drug-likeness (QED) is 0.507. The molecule has 3 aromatic rings. The van der Waals surface area contributed by atoms with Crippen LogP contribution in [0.15, 0.2) is 72.4 Å². The first-order valence-electron chi connectivity index (χ1n) is 9.69. The number of hydrogen-bond donors (Lipinski definition) is 0. The zero-order chi connectivity index (χ0) is 20.5. The molecule has 4 nitrogen and oxygen atoms in total. The standard InChI is InChI=1S/C24H23ClN2O2/c1-4-26-16(2)23(19-12-14-20(25)15-13-19)24(29-17(3)28)27(26)22-11-7-9-18-8-5-6-10-21(18)22/h5-15,24H,4H2,1-3H3. The molecule has 148 valence electrons. The van der Waals surface area contributed by atoms with E-state index in [1.54, 1.807) is 0 Å². The number of fused-ring (bicyclic) bond motifs is 1. The van der Waals surface area contributed by atoms with E-state index in [2.05, 4.69) is 48.1 Å². The van der Waals surface area contributed by atoms with Gasteiger partial charge in [-0.1, -0.05) is 60.1 Å². The lowest BCUT2D eigenvalue weighted by molar-refractivity contribution is -0.144. The van der Waals surface area contributed by atoms with E-state index in [1.807, 2.05) is 42.5 Å². The van der Waals surface area contributed by atoms with Crippen LogP contribution in [0.3, 0.4) is 0 Å². The highest BCUT2D eigenvalue weighted by Crippen LogP contribution is 2.42. The third-order valence-corrected chi connectivity index (χ3v) is 5.50. The number of rotatable bonds is 4. The molecule has 0 amide bonds. The van der Waals surface area contributed by atoms with Gasteiger partial charge in [-0.2, -0.15) is 0 Å². The molecule has 29 heavy (non-hydrogen) atoms.